The van der Waals surface area contributed by atoms with E-state index in [0.717, 1.165) is 32.2 Å². The van der Waals surface area contributed by atoms with Crippen molar-refractivity contribution in [2.75, 3.05) is 24.6 Å². The molecule has 1 heterocycles. The highest BCUT2D eigenvalue weighted by Crippen LogP contribution is 2.17. The van der Waals surface area contributed by atoms with Crippen LogP contribution in [0.5, 0.6) is 0 Å². The van der Waals surface area contributed by atoms with Gasteiger partial charge < -0.3 is 5.32 Å². The molecule has 1 aliphatic heterocycles. The number of hydrogen-bond acceptors (Lipinski definition) is 3. The molecular formula is C16H26N2S. The lowest BCUT2D eigenvalue weighted by Crippen LogP contribution is -2.27. The SMILES string of the molecule is CCN(CC)Cc1ccc(CNC2CCSC2)cc1. The second-order valence-electron chi connectivity index (χ2n) is 5.22. The van der Waals surface area contributed by atoms with Gasteiger partial charge >= 0.3 is 0 Å². The van der Waals surface area contributed by atoms with Crippen LogP contribution in [-0.4, -0.2) is 35.5 Å². The Morgan fingerprint density at radius 3 is 2.42 bits per heavy atom. The van der Waals surface area contributed by atoms with Gasteiger partial charge in [0.15, 0.2) is 0 Å². The van der Waals surface area contributed by atoms with Crippen molar-refractivity contribution in [1.29, 1.82) is 0 Å². The fourth-order valence-electron chi connectivity index (χ4n) is 2.43. The van der Waals surface area contributed by atoms with E-state index >= 15 is 0 Å². The van der Waals surface area contributed by atoms with Crippen LogP contribution in [0.3, 0.4) is 0 Å². The zero-order valence-electron chi connectivity index (χ0n) is 12.2. The van der Waals surface area contributed by atoms with Gasteiger partial charge in [-0.1, -0.05) is 38.1 Å². The largest absolute Gasteiger partial charge is 0.309 e. The van der Waals surface area contributed by atoms with E-state index in [2.05, 4.69) is 60.1 Å². The van der Waals surface area contributed by atoms with Crippen molar-refractivity contribution in [3.05, 3.63) is 35.4 Å². The van der Waals surface area contributed by atoms with Gasteiger partial charge in [0.05, 0.1) is 0 Å². The van der Waals surface area contributed by atoms with E-state index in [0.29, 0.717) is 0 Å². The molecule has 106 valence electrons. The predicted octanol–water partition coefficient (Wildman–Crippen LogP) is 3.12. The van der Waals surface area contributed by atoms with Crippen molar-refractivity contribution in [3.8, 4) is 0 Å². The second-order valence-corrected chi connectivity index (χ2v) is 6.37. The molecule has 0 amide bonds. The van der Waals surface area contributed by atoms with E-state index < -0.39 is 0 Å². The highest BCUT2D eigenvalue weighted by atomic mass is 32.2. The van der Waals surface area contributed by atoms with Crippen LogP contribution in [0.25, 0.3) is 0 Å². The molecule has 0 aliphatic carbocycles. The monoisotopic (exact) mass is 278 g/mol. The van der Waals surface area contributed by atoms with Crippen molar-refractivity contribution in [2.45, 2.75) is 39.4 Å². The molecule has 0 radical (unpaired) electrons. The molecule has 1 unspecified atom stereocenters. The first kappa shape index (κ1) is 14.9. The number of nitrogens with one attached hydrogen (secondary N) is 1. The van der Waals surface area contributed by atoms with Crippen LogP contribution in [0.1, 0.15) is 31.4 Å². The minimum Gasteiger partial charge on any atom is -0.309 e. The Balaban J connectivity index is 1.80. The van der Waals surface area contributed by atoms with Crippen LogP contribution in [0.15, 0.2) is 24.3 Å². The lowest BCUT2D eigenvalue weighted by Gasteiger charge is -2.18. The minimum absolute atomic E-state index is 0.723. The molecule has 0 aromatic heterocycles. The summed E-state index contributed by atoms with van der Waals surface area (Å²) in [5.41, 5.74) is 2.82. The molecule has 0 spiro atoms. The number of nitrogens with zero attached hydrogens (tertiary/aromatic N) is 1. The fraction of sp³-hybridized carbons (Fsp3) is 0.625. The Labute approximate surface area is 122 Å². The summed E-state index contributed by atoms with van der Waals surface area (Å²) in [6.07, 6.45) is 1.32. The van der Waals surface area contributed by atoms with Crippen LogP contribution < -0.4 is 5.32 Å². The summed E-state index contributed by atoms with van der Waals surface area (Å²) in [4.78, 5) is 2.45. The average molecular weight is 278 g/mol. The molecule has 1 atom stereocenters. The van der Waals surface area contributed by atoms with Gasteiger partial charge in [-0.2, -0.15) is 11.8 Å². The van der Waals surface area contributed by atoms with Gasteiger partial charge in [-0.3, -0.25) is 4.90 Å². The topological polar surface area (TPSA) is 15.3 Å². The molecular weight excluding hydrogens is 252 g/mol. The maximum absolute atomic E-state index is 3.65. The smallest absolute Gasteiger partial charge is 0.0233 e. The third kappa shape index (κ3) is 4.83. The second kappa shape index (κ2) is 7.93. The first-order chi connectivity index (χ1) is 9.31. The van der Waals surface area contributed by atoms with Crippen molar-refractivity contribution in [1.82, 2.24) is 10.2 Å². The first-order valence-electron chi connectivity index (χ1n) is 7.43. The Bertz CT molecular complexity index is 354. The minimum atomic E-state index is 0.723. The van der Waals surface area contributed by atoms with Crippen molar-refractivity contribution < 1.29 is 0 Å². The molecule has 0 saturated carbocycles. The van der Waals surface area contributed by atoms with Crippen LogP contribution in [0, 0.1) is 0 Å². The van der Waals surface area contributed by atoms with Gasteiger partial charge in [-0.15, -0.1) is 0 Å². The van der Waals surface area contributed by atoms with Crippen LogP contribution in [0.4, 0.5) is 0 Å². The van der Waals surface area contributed by atoms with E-state index in [1.807, 2.05) is 0 Å². The summed E-state index contributed by atoms with van der Waals surface area (Å²) in [5.74, 6) is 2.60. The molecule has 1 N–H and O–H groups in total. The number of rotatable bonds is 7. The summed E-state index contributed by atoms with van der Waals surface area (Å²) in [5, 5.41) is 3.65. The molecule has 1 aromatic carbocycles. The molecule has 2 nitrogen and oxygen atoms in total. The van der Waals surface area contributed by atoms with Gasteiger partial charge in [0.2, 0.25) is 0 Å². The van der Waals surface area contributed by atoms with E-state index in [4.69, 9.17) is 0 Å². The molecule has 1 fully saturated rings. The Morgan fingerprint density at radius 2 is 1.84 bits per heavy atom. The third-order valence-electron chi connectivity index (χ3n) is 3.85. The van der Waals surface area contributed by atoms with Crippen molar-refractivity contribution in [2.24, 2.45) is 0 Å². The van der Waals surface area contributed by atoms with Gasteiger partial charge in [0.25, 0.3) is 0 Å². The summed E-state index contributed by atoms with van der Waals surface area (Å²) < 4.78 is 0. The number of benzene rings is 1. The number of thioether (sulfide) groups is 1. The fourth-order valence-corrected chi connectivity index (χ4v) is 3.61. The Morgan fingerprint density at radius 1 is 1.16 bits per heavy atom. The molecule has 2 rings (SSSR count). The van der Waals surface area contributed by atoms with E-state index in [-0.39, 0.29) is 0 Å². The van der Waals surface area contributed by atoms with Gasteiger partial charge in [0.1, 0.15) is 0 Å². The van der Waals surface area contributed by atoms with Crippen molar-refractivity contribution >= 4 is 11.8 Å². The third-order valence-corrected chi connectivity index (χ3v) is 5.01. The summed E-state index contributed by atoms with van der Waals surface area (Å²) in [6.45, 7) is 8.78. The molecule has 1 aliphatic rings. The van der Waals surface area contributed by atoms with Crippen molar-refractivity contribution in [3.63, 3.8) is 0 Å². The zero-order chi connectivity index (χ0) is 13.5. The van der Waals surface area contributed by atoms with Crippen LogP contribution in [0.2, 0.25) is 0 Å². The summed E-state index contributed by atoms with van der Waals surface area (Å²) >= 11 is 2.06. The maximum atomic E-state index is 3.65. The molecule has 0 bridgehead atoms. The Kier molecular flexibility index (Phi) is 6.21. The molecule has 3 heteroatoms. The first-order valence-corrected chi connectivity index (χ1v) is 8.58. The lowest BCUT2D eigenvalue weighted by molar-refractivity contribution is 0.296. The lowest BCUT2D eigenvalue weighted by atomic mass is 10.1. The normalized spacial score (nSPS) is 19.2. The van der Waals surface area contributed by atoms with E-state index in [1.54, 1.807) is 0 Å². The quantitative estimate of drug-likeness (QED) is 0.825. The maximum Gasteiger partial charge on any atom is 0.0233 e. The standard InChI is InChI=1S/C16H26N2S/c1-3-18(4-2)12-15-7-5-14(6-8-15)11-17-16-9-10-19-13-16/h5-8,16-17H,3-4,9-13H2,1-2H3. The molecule has 19 heavy (non-hydrogen) atoms. The van der Waals surface area contributed by atoms with Gasteiger partial charge in [-0.25, -0.2) is 0 Å². The van der Waals surface area contributed by atoms with Gasteiger partial charge in [0, 0.05) is 24.9 Å². The molecule has 1 aromatic rings. The zero-order valence-corrected chi connectivity index (χ0v) is 13.0. The highest BCUT2D eigenvalue weighted by Gasteiger charge is 2.14. The number of hydrogen-bond donors (Lipinski definition) is 1. The summed E-state index contributed by atoms with van der Waals surface area (Å²) in [7, 11) is 0. The molecule has 1 saturated heterocycles. The highest BCUT2D eigenvalue weighted by molar-refractivity contribution is 7.99. The van der Waals surface area contributed by atoms with Crippen LogP contribution >= 0.6 is 11.8 Å². The summed E-state index contributed by atoms with van der Waals surface area (Å²) in [6, 6.07) is 9.82. The Hall–Kier alpha value is -0.510. The van der Waals surface area contributed by atoms with E-state index in [1.165, 1.54) is 29.1 Å². The van der Waals surface area contributed by atoms with Gasteiger partial charge in [-0.05, 0) is 36.4 Å². The average Bonchev–Trinajstić information content (AvgIpc) is 2.97. The van der Waals surface area contributed by atoms with E-state index in [9.17, 15) is 0 Å². The van der Waals surface area contributed by atoms with Crippen LogP contribution in [-0.2, 0) is 13.1 Å². The predicted molar refractivity (Wildman–Crippen MR) is 85.6 cm³/mol.